The van der Waals surface area contributed by atoms with Crippen LogP contribution in [0.1, 0.15) is 37.7 Å². The van der Waals surface area contributed by atoms with Crippen LogP contribution >= 0.6 is 24.0 Å². The first-order chi connectivity index (χ1) is 13.5. The van der Waals surface area contributed by atoms with Gasteiger partial charge in [-0.05, 0) is 31.4 Å². The number of aryl methyl sites for hydroxylation is 1. The van der Waals surface area contributed by atoms with Crippen molar-refractivity contribution in [1.29, 1.82) is 0 Å². The lowest BCUT2D eigenvalue weighted by Crippen LogP contribution is -2.54. The van der Waals surface area contributed by atoms with Gasteiger partial charge in [0.25, 0.3) is 0 Å². The Morgan fingerprint density at radius 3 is 2.69 bits per heavy atom. The van der Waals surface area contributed by atoms with Gasteiger partial charge >= 0.3 is 0 Å². The lowest BCUT2D eigenvalue weighted by atomic mass is 9.94. The zero-order chi connectivity index (χ0) is 20.0. The standard InChI is InChI=1S/C21H33N7.HI/c1-5-19-26-25-16-27(19)13-11-23-20(22-4)24-15-21(2,3)28-12-10-17-8-6-7-9-18(17)14-28;/h6-9,16H,5,10-15H2,1-4H3,(H2,22,23,24);1H. The fourth-order valence-corrected chi connectivity index (χ4v) is 3.68. The lowest BCUT2D eigenvalue weighted by molar-refractivity contribution is 0.107. The first-order valence-corrected chi connectivity index (χ1v) is 10.2. The third kappa shape index (κ3) is 6.15. The highest BCUT2D eigenvalue weighted by atomic mass is 127. The summed E-state index contributed by atoms with van der Waals surface area (Å²) in [5, 5.41) is 15.0. The monoisotopic (exact) mass is 511 g/mol. The molecule has 1 aromatic heterocycles. The molecular formula is C21H34IN7. The first kappa shape index (κ1) is 23.6. The molecule has 1 aromatic carbocycles. The third-order valence-corrected chi connectivity index (χ3v) is 5.56. The number of fused-ring (bicyclic) bond motifs is 1. The highest BCUT2D eigenvalue weighted by molar-refractivity contribution is 14.0. The van der Waals surface area contributed by atoms with E-state index in [9.17, 15) is 0 Å². The van der Waals surface area contributed by atoms with Crippen LogP contribution in [0.3, 0.4) is 0 Å². The Morgan fingerprint density at radius 1 is 1.21 bits per heavy atom. The van der Waals surface area contributed by atoms with Gasteiger partial charge < -0.3 is 15.2 Å². The summed E-state index contributed by atoms with van der Waals surface area (Å²) in [4.78, 5) is 6.92. The molecule has 0 radical (unpaired) electrons. The Bertz CT molecular complexity index is 800. The Kier molecular flexibility index (Phi) is 8.88. The third-order valence-electron chi connectivity index (χ3n) is 5.56. The van der Waals surface area contributed by atoms with E-state index in [4.69, 9.17) is 0 Å². The van der Waals surface area contributed by atoms with E-state index in [2.05, 4.69) is 80.3 Å². The average molecular weight is 511 g/mol. The summed E-state index contributed by atoms with van der Waals surface area (Å²) in [6.45, 7) is 11.2. The van der Waals surface area contributed by atoms with Crippen LogP contribution in [-0.4, -0.2) is 57.8 Å². The van der Waals surface area contributed by atoms with Crippen LogP contribution in [-0.2, 0) is 25.9 Å². The molecule has 7 nitrogen and oxygen atoms in total. The highest BCUT2D eigenvalue weighted by Gasteiger charge is 2.29. The van der Waals surface area contributed by atoms with Crippen LogP contribution < -0.4 is 10.6 Å². The molecule has 0 saturated heterocycles. The van der Waals surface area contributed by atoms with Gasteiger partial charge in [0, 0.05) is 51.7 Å². The van der Waals surface area contributed by atoms with Crippen LogP contribution in [0, 0.1) is 0 Å². The molecule has 2 heterocycles. The molecule has 0 bridgehead atoms. The molecule has 0 atom stereocenters. The van der Waals surface area contributed by atoms with Gasteiger partial charge in [0.1, 0.15) is 12.2 Å². The van der Waals surface area contributed by atoms with Gasteiger partial charge in [-0.15, -0.1) is 34.2 Å². The summed E-state index contributed by atoms with van der Waals surface area (Å²) in [5.74, 6) is 1.84. The maximum absolute atomic E-state index is 4.37. The second kappa shape index (κ2) is 10.9. The SMILES string of the molecule is CCc1nncn1CCNC(=NC)NCC(C)(C)N1CCc2ccccc2C1.I. The summed E-state index contributed by atoms with van der Waals surface area (Å²) >= 11 is 0. The number of benzene rings is 1. The quantitative estimate of drug-likeness (QED) is 0.340. The van der Waals surface area contributed by atoms with Gasteiger partial charge in [-0.3, -0.25) is 9.89 Å². The Balaban J connectivity index is 0.00000300. The van der Waals surface area contributed by atoms with E-state index in [1.54, 1.807) is 6.33 Å². The van der Waals surface area contributed by atoms with Gasteiger partial charge in [-0.1, -0.05) is 31.2 Å². The van der Waals surface area contributed by atoms with Crippen LogP contribution in [0.15, 0.2) is 35.6 Å². The minimum Gasteiger partial charge on any atom is -0.355 e. The van der Waals surface area contributed by atoms with Gasteiger partial charge in [0.05, 0.1) is 0 Å². The number of guanidine groups is 1. The summed E-state index contributed by atoms with van der Waals surface area (Å²) in [6, 6.07) is 8.78. The number of hydrogen-bond donors (Lipinski definition) is 2. The molecule has 29 heavy (non-hydrogen) atoms. The van der Waals surface area contributed by atoms with Gasteiger partial charge in [-0.2, -0.15) is 0 Å². The first-order valence-electron chi connectivity index (χ1n) is 10.2. The molecule has 0 saturated carbocycles. The molecule has 0 fully saturated rings. The van der Waals surface area contributed by atoms with Gasteiger partial charge in [-0.25, -0.2) is 0 Å². The minimum atomic E-state index is 0. The van der Waals surface area contributed by atoms with Crippen molar-refractivity contribution in [3.8, 4) is 0 Å². The summed E-state index contributed by atoms with van der Waals surface area (Å²) in [5.41, 5.74) is 2.97. The molecule has 0 aliphatic carbocycles. The van der Waals surface area contributed by atoms with Crippen LogP contribution in [0.2, 0.25) is 0 Å². The van der Waals surface area contributed by atoms with Crippen LogP contribution in [0.5, 0.6) is 0 Å². The van der Waals surface area contributed by atoms with Crippen molar-refractivity contribution in [2.24, 2.45) is 4.99 Å². The minimum absolute atomic E-state index is 0. The van der Waals surface area contributed by atoms with E-state index in [0.717, 1.165) is 57.3 Å². The fraction of sp³-hybridized carbons (Fsp3) is 0.571. The van der Waals surface area contributed by atoms with Gasteiger partial charge in [0.2, 0.25) is 0 Å². The molecule has 2 N–H and O–H groups in total. The van der Waals surface area contributed by atoms with Crippen molar-refractivity contribution < 1.29 is 0 Å². The van der Waals surface area contributed by atoms with E-state index in [1.165, 1.54) is 11.1 Å². The molecule has 0 amide bonds. The molecular weight excluding hydrogens is 477 g/mol. The van der Waals surface area contributed by atoms with Gasteiger partial charge in [0.15, 0.2) is 5.96 Å². The summed E-state index contributed by atoms with van der Waals surface area (Å²) < 4.78 is 2.08. The molecule has 2 aromatic rings. The van der Waals surface area contributed by atoms with Crippen molar-refractivity contribution in [1.82, 2.24) is 30.3 Å². The van der Waals surface area contributed by atoms with E-state index in [0.29, 0.717) is 0 Å². The molecule has 0 spiro atoms. The number of aliphatic imine (C=N–C) groups is 1. The molecule has 160 valence electrons. The van der Waals surface area contributed by atoms with E-state index in [-0.39, 0.29) is 29.5 Å². The molecule has 3 rings (SSSR count). The smallest absolute Gasteiger partial charge is 0.191 e. The zero-order valence-electron chi connectivity index (χ0n) is 18.0. The van der Waals surface area contributed by atoms with E-state index in [1.807, 2.05) is 7.05 Å². The Morgan fingerprint density at radius 2 is 1.97 bits per heavy atom. The van der Waals surface area contributed by atoms with Crippen LogP contribution in [0.25, 0.3) is 0 Å². The lowest BCUT2D eigenvalue weighted by Gasteiger charge is -2.42. The van der Waals surface area contributed by atoms with Crippen molar-refractivity contribution in [2.45, 2.75) is 52.2 Å². The highest BCUT2D eigenvalue weighted by Crippen LogP contribution is 2.24. The number of aromatic nitrogens is 3. The van der Waals surface area contributed by atoms with Crippen molar-refractivity contribution in [3.05, 3.63) is 47.5 Å². The number of halogens is 1. The molecule has 1 aliphatic heterocycles. The predicted octanol–water partition coefficient (Wildman–Crippen LogP) is 2.46. The second-order valence-electron chi connectivity index (χ2n) is 7.90. The summed E-state index contributed by atoms with van der Waals surface area (Å²) in [6.07, 6.45) is 3.79. The maximum atomic E-state index is 4.37. The molecule has 0 unspecified atom stereocenters. The van der Waals surface area contributed by atoms with Crippen molar-refractivity contribution >= 4 is 29.9 Å². The zero-order valence-corrected chi connectivity index (χ0v) is 20.3. The normalized spacial score (nSPS) is 14.8. The predicted molar refractivity (Wildman–Crippen MR) is 129 cm³/mol. The van der Waals surface area contributed by atoms with Crippen molar-refractivity contribution in [3.63, 3.8) is 0 Å². The number of nitrogens with one attached hydrogen (secondary N) is 2. The largest absolute Gasteiger partial charge is 0.355 e. The van der Waals surface area contributed by atoms with E-state index < -0.39 is 0 Å². The number of hydrogen-bond acceptors (Lipinski definition) is 4. The Hall–Kier alpha value is -1.68. The number of rotatable bonds is 7. The average Bonchev–Trinajstić information content (AvgIpc) is 3.17. The topological polar surface area (TPSA) is 70.4 Å². The molecule has 1 aliphatic rings. The summed E-state index contributed by atoms with van der Waals surface area (Å²) in [7, 11) is 1.82. The Labute approximate surface area is 191 Å². The van der Waals surface area contributed by atoms with Crippen molar-refractivity contribution in [2.75, 3.05) is 26.7 Å². The van der Waals surface area contributed by atoms with E-state index >= 15 is 0 Å². The number of nitrogens with zero attached hydrogens (tertiary/aromatic N) is 5. The van der Waals surface area contributed by atoms with Crippen LogP contribution in [0.4, 0.5) is 0 Å². The second-order valence-corrected chi connectivity index (χ2v) is 7.90. The maximum Gasteiger partial charge on any atom is 0.191 e. The fourth-order valence-electron chi connectivity index (χ4n) is 3.68. The molecule has 8 heteroatoms.